The van der Waals surface area contributed by atoms with E-state index in [1.54, 1.807) is 24.3 Å². The summed E-state index contributed by atoms with van der Waals surface area (Å²) < 4.78 is 9.56. The van der Waals surface area contributed by atoms with Crippen molar-refractivity contribution in [3.05, 3.63) is 54.1 Å². The first kappa shape index (κ1) is 18.1. The number of carbonyl (C=O) groups excluding carboxylic acids is 2. The summed E-state index contributed by atoms with van der Waals surface area (Å²) in [5, 5.41) is 18.1. The van der Waals surface area contributed by atoms with E-state index in [9.17, 15) is 14.7 Å². The van der Waals surface area contributed by atoms with Gasteiger partial charge in [0.25, 0.3) is 0 Å². The highest BCUT2D eigenvalue weighted by Crippen LogP contribution is 2.29. The maximum absolute atomic E-state index is 11.7. The highest BCUT2D eigenvalue weighted by molar-refractivity contribution is 5.78. The van der Waals surface area contributed by atoms with Gasteiger partial charge in [-0.25, -0.2) is 4.79 Å². The van der Waals surface area contributed by atoms with Gasteiger partial charge in [-0.1, -0.05) is 24.3 Å². The summed E-state index contributed by atoms with van der Waals surface area (Å²) in [5.41, 5.74) is 1.54. The minimum absolute atomic E-state index is 0.0793. The number of phenolic OH excluding ortho intramolecular Hbond substituents is 1. The van der Waals surface area contributed by atoms with Crippen molar-refractivity contribution in [3.8, 4) is 5.75 Å². The zero-order valence-electron chi connectivity index (χ0n) is 13.9. The van der Waals surface area contributed by atoms with Crippen LogP contribution in [-0.4, -0.2) is 30.3 Å². The van der Waals surface area contributed by atoms with E-state index in [0.717, 1.165) is 0 Å². The van der Waals surface area contributed by atoms with Gasteiger partial charge in [-0.3, -0.25) is 4.79 Å². The van der Waals surface area contributed by atoms with Crippen molar-refractivity contribution in [2.24, 2.45) is 10.2 Å². The second-order valence-electron chi connectivity index (χ2n) is 5.18. The number of benzene rings is 2. The number of nitrogens with zero attached hydrogens (tertiary/aromatic N) is 2. The molecule has 0 unspecified atom stereocenters. The van der Waals surface area contributed by atoms with E-state index in [1.165, 1.54) is 20.1 Å². The lowest BCUT2D eigenvalue weighted by atomic mass is 10.1. The molecule has 0 aromatic heterocycles. The molecule has 0 fully saturated rings. The van der Waals surface area contributed by atoms with Crippen LogP contribution in [0, 0.1) is 0 Å². The number of aromatic hydroxyl groups is 1. The maximum atomic E-state index is 11.7. The number of rotatable bonds is 6. The highest BCUT2D eigenvalue weighted by atomic mass is 16.6. The number of hydrogen-bond donors (Lipinski definition) is 1. The van der Waals surface area contributed by atoms with Gasteiger partial charge >= 0.3 is 11.9 Å². The van der Waals surface area contributed by atoms with Crippen LogP contribution < -0.4 is 0 Å². The van der Waals surface area contributed by atoms with Gasteiger partial charge in [-0.05, 0) is 29.8 Å². The van der Waals surface area contributed by atoms with E-state index >= 15 is 0 Å². The molecule has 0 aliphatic carbocycles. The van der Waals surface area contributed by atoms with Crippen molar-refractivity contribution in [2.75, 3.05) is 7.11 Å². The fourth-order valence-electron chi connectivity index (χ4n) is 2.11. The predicted octanol–water partition coefficient (Wildman–Crippen LogP) is 3.45. The third-order valence-electron chi connectivity index (χ3n) is 3.26. The summed E-state index contributed by atoms with van der Waals surface area (Å²) in [7, 11) is 1.21. The third-order valence-corrected chi connectivity index (χ3v) is 3.26. The molecule has 1 N–H and O–H groups in total. The Kier molecular flexibility index (Phi) is 6.22. The normalized spacial score (nSPS) is 11.9. The molecule has 2 aromatic carbocycles. The van der Waals surface area contributed by atoms with Crippen LogP contribution in [0.15, 0.2) is 58.8 Å². The topological polar surface area (TPSA) is 97.6 Å². The number of phenols is 1. The second kappa shape index (κ2) is 8.58. The Bertz CT molecular complexity index is 774. The second-order valence-corrected chi connectivity index (χ2v) is 5.18. The van der Waals surface area contributed by atoms with E-state index < -0.39 is 18.0 Å². The van der Waals surface area contributed by atoms with Gasteiger partial charge < -0.3 is 14.6 Å². The average molecular weight is 342 g/mol. The van der Waals surface area contributed by atoms with Crippen molar-refractivity contribution in [2.45, 2.75) is 19.4 Å². The number of hydrogen-bond acceptors (Lipinski definition) is 7. The average Bonchev–Trinajstić information content (AvgIpc) is 2.60. The Morgan fingerprint density at radius 1 is 1.12 bits per heavy atom. The van der Waals surface area contributed by atoms with Gasteiger partial charge in [0.05, 0.1) is 12.8 Å². The van der Waals surface area contributed by atoms with Crippen LogP contribution in [0.5, 0.6) is 5.75 Å². The van der Waals surface area contributed by atoms with Crippen LogP contribution in [0.25, 0.3) is 0 Å². The molecule has 25 heavy (non-hydrogen) atoms. The van der Waals surface area contributed by atoms with Gasteiger partial charge in [0.15, 0.2) is 0 Å². The van der Waals surface area contributed by atoms with Crippen LogP contribution in [0.4, 0.5) is 11.4 Å². The molecule has 1 atom stereocenters. The largest absolute Gasteiger partial charge is 0.506 e. The van der Waals surface area contributed by atoms with Gasteiger partial charge in [0.1, 0.15) is 11.4 Å². The number of carbonyl (C=O) groups is 2. The molecule has 0 amide bonds. The van der Waals surface area contributed by atoms with Crippen LogP contribution in [0.1, 0.15) is 12.5 Å². The van der Waals surface area contributed by atoms with Crippen LogP contribution in [-0.2, 0) is 25.5 Å². The van der Waals surface area contributed by atoms with E-state index in [0.29, 0.717) is 11.3 Å². The molecule has 7 heteroatoms. The molecular weight excluding hydrogens is 324 g/mol. The SMILES string of the molecule is COC(=O)[C@@H](Cc1ccc(N=Nc2ccccc2)c(O)c1)OC(C)=O. The smallest absolute Gasteiger partial charge is 0.347 e. The van der Waals surface area contributed by atoms with Crippen molar-refractivity contribution in [1.29, 1.82) is 0 Å². The quantitative estimate of drug-likeness (QED) is 0.640. The maximum Gasteiger partial charge on any atom is 0.347 e. The Morgan fingerprint density at radius 3 is 2.44 bits per heavy atom. The van der Waals surface area contributed by atoms with Gasteiger partial charge in [0, 0.05) is 13.3 Å². The Morgan fingerprint density at radius 2 is 1.84 bits per heavy atom. The summed E-state index contributed by atoms with van der Waals surface area (Å²) in [6, 6.07) is 13.8. The Hall–Kier alpha value is -3.22. The summed E-state index contributed by atoms with van der Waals surface area (Å²) in [6.45, 7) is 1.21. The monoisotopic (exact) mass is 342 g/mol. The zero-order valence-corrected chi connectivity index (χ0v) is 13.9. The van der Waals surface area contributed by atoms with Crippen molar-refractivity contribution >= 4 is 23.3 Å². The molecule has 0 radical (unpaired) electrons. The number of ether oxygens (including phenoxy) is 2. The summed E-state index contributed by atoms with van der Waals surface area (Å²) in [6.07, 6.45) is -0.991. The minimum Gasteiger partial charge on any atom is -0.506 e. The van der Waals surface area contributed by atoms with Crippen LogP contribution >= 0.6 is 0 Å². The Labute approximate surface area is 144 Å². The minimum atomic E-state index is -1.07. The standard InChI is InChI=1S/C18H18N2O5/c1-12(21)25-17(18(23)24-2)11-13-8-9-15(16(22)10-13)20-19-14-6-4-3-5-7-14/h3-10,17,22H,11H2,1-2H3/t17-/m1/s1. The van der Waals surface area contributed by atoms with Gasteiger partial charge in [-0.2, -0.15) is 5.11 Å². The number of esters is 2. The molecule has 2 rings (SSSR count). The lowest BCUT2D eigenvalue weighted by Gasteiger charge is -2.14. The van der Waals surface area contributed by atoms with E-state index in [4.69, 9.17) is 4.74 Å². The highest BCUT2D eigenvalue weighted by Gasteiger charge is 2.23. The van der Waals surface area contributed by atoms with Gasteiger partial charge in [-0.15, -0.1) is 5.11 Å². The summed E-state index contributed by atoms with van der Waals surface area (Å²) >= 11 is 0. The first-order valence-electron chi connectivity index (χ1n) is 7.53. The number of methoxy groups -OCH3 is 1. The molecule has 7 nitrogen and oxygen atoms in total. The van der Waals surface area contributed by atoms with Crippen LogP contribution in [0.3, 0.4) is 0 Å². The molecule has 0 saturated carbocycles. The lowest BCUT2D eigenvalue weighted by molar-refractivity contribution is -0.164. The van der Waals surface area contributed by atoms with Crippen molar-refractivity contribution in [1.82, 2.24) is 0 Å². The Balaban J connectivity index is 2.13. The summed E-state index contributed by atoms with van der Waals surface area (Å²) in [4.78, 5) is 22.8. The number of azo groups is 1. The van der Waals surface area contributed by atoms with Crippen LogP contribution in [0.2, 0.25) is 0 Å². The molecule has 2 aromatic rings. The van der Waals surface area contributed by atoms with Crippen molar-refractivity contribution in [3.63, 3.8) is 0 Å². The van der Waals surface area contributed by atoms with Gasteiger partial charge in [0.2, 0.25) is 6.10 Å². The molecule has 0 heterocycles. The molecule has 0 bridgehead atoms. The molecule has 130 valence electrons. The first-order valence-corrected chi connectivity index (χ1v) is 7.53. The van der Waals surface area contributed by atoms with E-state index in [2.05, 4.69) is 15.0 Å². The van der Waals surface area contributed by atoms with E-state index in [1.807, 2.05) is 18.2 Å². The predicted molar refractivity (Wildman–Crippen MR) is 90.0 cm³/mol. The zero-order chi connectivity index (χ0) is 18.2. The fraction of sp³-hybridized carbons (Fsp3) is 0.222. The van der Waals surface area contributed by atoms with Crippen molar-refractivity contribution < 1.29 is 24.2 Å². The summed E-state index contributed by atoms with van der Waals surface area (Å²) in [5.74, 6) is -1.35. The third kappa shape index (κ3) is 5.42. The molecule has 0 aliphatic heterocycles. The molecular formula is C18H18N2O5. The first-order chi connectivity index (χ1) is 12.0. The fourth-order valence-corrected chi connectivity index (χ4v) is 2.11. The molecule has 0 spiro atoms. The lowest BCUT2D eigenvalue weighted by Crippen LogP contribution is -2.29. The molecule has 0 saturated heterocycles. The molecule has 0 aliphatic rings. The van der Waals surface area contributed by atoms with E-state index in [-0.39, 0.29) is 17.9 Å².